The van der Waals surface area contributed by atoms with Crippen LogP contribution < -0.4 is 11.1 Å². The highest BCUT2D eigenvalue weighted by molar-refractivity contribution is 6.04. The Morgan fingerprint density at radius 3 is 2.16 bits per heavy atom. The summed E-state index contributed by atoms with van der Waals surface area (Å²) in [6, 6.07) is 24.1. The molecular formula is C31H29F3N4O5. The number of aromatic nitrogens is 1. The molecule has 0 aliphatic heterocycles. The predicted molar refractivity (Wildman–Crippen MR) is 154 cm³/mol. The number of anilines is 1. The van der Waals surface area contributed by atoms with Crippen molar-refractivity contribution in [1.29, 1.82) is 5.41 Å². The van der Waals surface area contributed by atoms with Gasteiger partial charge in [-0.1, -0.05) is 48.5 Å². The number of aliphatic carboxylic acids is 1. The SMILES string of the molecule is CCOC(=O)c1cn(Cc2cccc(C(=N)N)c2)cc1Cc1ccc(C(=O)Nc2ccccc2)cc1.O=C(O)C(F)(F)F. The summed E-state index contributed by atoms with van der Waals surface area (Å²) in [5.74, 6) is -3.30. The van der Waals surface area contributed by atoms with Crippen molar-refractivity contribution >= 4 is 29.4 Å². The Morgan fingerprint density at radius 2 is 1.58 bits per heavy atom. The first-order valence-corrected chi connectivity index (χ1v) is 12.9. The maximum absolute atomic E-state index is 12.6. The van der Waals surface area contributed by atoms with E-state index in [0.717, 1.165) is 22.4 Å². The van der Waals surface area contributed by atoms with Gasteiger partial charge in [-0.3, -0.25) is 10.2 Å². The van der Waals surface area contributed by atoms with Gasteiger partial charge in [0, 0.05) is 35.8 Å². The lowest BCUT2D eigenvalue weighted by atomic mass is 10.0. The van der Waals surface area contributed by atoms with Crippen LogP contribution in [0.5, 0.6) is 0 Å². The number of nitrogens with two attached hydrogens (primary N) is 1. The molecule has 0 saturated carbocycles. The van der Waals surface area contributed by atoms with Crippen LogP contribution in [0, 0.1) is 5.41 Å². The quantitative estimate of drug-likeness (QED) is 0.115. The highest BCUT2D eigenvalue weighted by atomic mass is 19.4. The van der Waals surface area contributed by atoms with E-state index in [0.29, 0.717) is 29.7 Å². The van der Waals surface area contributed by atoms with Crippen molar-refractivity contribution in [1.82, 2.24) is 4.57 Å². The van der Waals surface area contributed by atoms with Crippen LogP contribution in [0.1, 0.15) is 49.9 Å². The third kappa shape index (κ3) is 9.59. The van der Waals surface area contributed by atoms with E-state index in [4.69, 9.17) is 25.8 Å². The molecular weight excluding hydrogens is 565 g/mol. The van der Waals surface area contributed by atoms with E-state index in [-0.39, 0.29) is 24.3 Å². The summed E-state index contributed by atoms with van der Waals surface area (Å²) in [4.78, 5) is 34.1. The summed E-state index contributed by atoms with van der Waals surface area (Å²) < 4.78 is 38.9. The molecule has 1 aromatic heterocycles. The van der Waals surface area contributed by atoms with Crippen molar-refractivity contribution in [3.63, 3.8) is 0 Å². The molecule has 0 fully saturated rings. The van der Waals surface area contributed by atoms with Gasteiger partial charge in [0.15, 0.2) is 0 Å². The summed E-state index contributed by atoms with van der Waals surface area (Å²) in [7, 11) is 0. The molecule has 0 aliphatic rings. The summed E-state index contributed by atoms with van der Waals surface area (Å²) in [5, 5.41) is 17.7. The maximum Gasteiger partial charge on any atom is 0.490 e. The fourth-order valence-corrected chi connectivity index (χ4v) is 3.95. The Balaban J connectivity index is 0.000000646. The average molecular weight is 595 g/mol. The van der Waals surface area contributed by atoms with E-state index >= 15 is 0 Å². The van der Waals surface area contributed by atoms with Crippen LogP contribution in [-0.4, -0.2) is 46.1 Å². The maximum atomic E-state index is 12.6. The second-order valence-electron chi connectivity index (χ2n) is 9.20. The molecule has 3 aromatic carbocycles. The number of benzene rings is 3. The molecule has 43 heavy (non-hydrogen) atoms. The lowest BCUT2D eigenvalue weighted by Crippen LogP contribution is -2.21. The van der Waals surface area contributed by atoms with Crippen molar-refractivity contribution in [2.45, 2.75) is 26.1 Å². The van der Waals surface area contributed by atoms with Gasteiger partial charge in [-0.15, -0.1) is 0 Å². The molecule has 1 amide bonds. The number of carboxylic acid groups (broad SMARTS) is 1. The van der Waals surface area contributed by atoms with Crippen LogP contribution in [0.15, 0.2) is 91.3 Å². The normalized spacial score (nSPS) is 10.7. The van der Waals surface area contributed by atoms with Gasteiger partial charge in [0.25, 0.3) is 5.91 Å². The van der Waals surface area contributed by atoms with Crippen molar-refractivity contribution in [2.24, 2.45) is 5.73 Å². The molecule has 0 saturated heterocycles. The standard InChI is InChI=1S/C29H28N4O3.C2HF3O2/c1-2-36-29(35)26-19-33(17-21-7-6-8-23(16-21)27(30)31)18-24(26)15-20-11-13-22(14-12-20)28(34)32-25-9-4-3-5-10-25;3-2(4,5)1(6)7/h3-14,16,18-19H,2,15,17H2,1H3,(H3,30,31)(H,32,34);(H,6,7). The topological polar surface area (TPSA) is 147 Å². The van der Waals surface area contributed by atoms with Gasteiger partial charge in [0.1, 0.15) is 5.84 Å². The number of carbonyl (C=O) groups excluding carboxylic acids is 2. The Morgan fingerprint density at radius 1 is 0.930 bits per heavy atom. The minimum absolute atomic E-state index is 0.0122. The summed E-state index contributed by atoms with van der Waals surface area (Å²) in [6.07, 6.45) is -0.854. The lowest BCUT2D eigenvalue weighted by molar-refractivity contribution is -0.192. The van der Waals surface area contributed by atoms with Gasteiger partial charge >= 0.3 is 18.1 Å². The van der Waals surface area contributed by atoms with E-state index in [1.165, 1.54) is 0 Å². The minimum atomic E-state index is -5.08. The zero-order valence-electron chi connectivity index (χ0n) is 23.0. The number of rotatable bonds is 9. The van der Waals surface area contributed by atoms with Crippen LogP contribution in [0.25, 0.3) is 0 Å². The highest BCUT2D eigenvalue weighted by Crippen LogP contribution is 2.20. The number of hydrogen-bond acceptors (Lipinski definition) is 5. The molecule has 1 heterocycles. The number of alkyl halides is 3. The Hall–Kier alpha value is -5.39. The second-order valence-corrected chi connectivity index (χ2v) is 9.20. The van der Waals surface area contributed by atoms with Crippen LogP contribution >= 0.6 is 0 Å². The summed E-state index contributed by atoms with van der Waals surface area (Å²) in [5.41, 5.74) is 10.8. The first kappa shape index (κ1) is 32.1. The smallest absolute Gasteiger partial charge is 0.475 e. The van der Waals surface area contributed by atoms with Gasteiger partial charge in [-0.05, 0) is 60.4 Å². The van der Waals surface area contributed by atoms with E-state index in [9.17, 15) is 22.8 Å². The van der Waals surface area contributed by atoms with Crippen LogP contribution in [-0.2, 0) is 22.5 Å². The van der Waals surface area contributed by atoms with Crippen LogP contribution in [0.3, 0.4) is 0 Å². The second kappa shape index (κ2) is 14.5. The number of halogens is 3. The molecule has 9 nitrogen and oxygen atoms in total. The number of para-hydroxylation sites is 1. The molecule has 0 bridgehead atoms. The van der Waals surface area contributed by atoms with E-state index in [1.807, 2.05) is 71.4 Å². The number of nitrogen functional groups attached to an aromatic ring is 1. The molecule has 5 N–H and O–H groups in total. The first-order chi connectivity index (χ1) is 20.4. The molecule has 0 radical (unpaired) electrons. The molecule has 224 valence electrons. The van der Waals surface area contributed by atoms with Crippen molar-refractivity contribution < 1.29 is 37.4 Å². The van der Waals surface area contributed by atoms with Crippen LogP contribution in [0.2, 0.25) is 0 Å². The fraction of sp³-hybridized carbons (Fsp3) is 0.161. The lowest BCUT2D eigenvalue weighted by Gasteiger charge is -2.07. The van der Waals surface area contributed by atoms with Crippen molar-refractivity contribution in [2.75, 3.05) is 11.9 Å². The third-order valence-electron chi connectivity index (χ3n) is 5.95. The fourth-order valence-electron chi connectivity index (χ4n) is 3.95. The molecule has 0 spiro atoms. The predicted octanol–water partition coefficient (Wildman–Crippen LogP) is 5.47. The van der Waals surface area contributed by atoms with E-state index < -0.39 is 12.1 Å². The summed E-state index contributed by atoms with van der Waals surface area (Å²) >= 11 is 0. The van der Waals surface area contributed by atoms with Gasteiger partial charge < -0.3 is 25.5 Å². The molecule has 0 atom stereocenters. The largest absolute Gasteiger partial charge is 0.490 e. The summed E-state index contributed by atoms with van der Waals surface area (Å²) in [6.45, 7) is 2.59. The zero-order chi connectivity index (χ0) is 31.6. The number of amides is 1. The molecule has 0 aliphatic carbocycles. The van der Waals surface area contributed by atoms with Gasteiger partial charge in [-0.2, -0.15) is 13.2 Å². The van der Waals surface area contributed by atoms with Gasteiger partial charge in [0.05, 0.1) is 12.2 Å². The van der Waals surface area contributed by atoms with E-state index in [1.54, 1.807) is 31.3 Å². The monoisotopic (exact) mass is 594 g/mol. The number of carboxylic acids is 1. The zero-order valence-corrected chi connectivity index (χ0v) is 23.0. The Bertz CT molecular complexity index is 1580. The third-order valence-corrected chi connectivity index (χ3v) is 5.95. The number of carbonyl (C=O) groups is 3. The van der Waals surface area contributed by atoms with Gasteiger partial charge in [0.2, 0.25) is 0 Å². The van der Waals surface area contributed by atoms with Gasteiger partial charge in [-0.25, -0.2) is 9.59 Å². The average Bonchev–Trinajstić information content (AvgIpc) is 3.36. The van der Waals surface area contributed by atoms with Crippen molar-refractivity contribution in [3.05, 3.63) is 125 Å². The molecule has 4 rings (SSSR count). The number of nitrogens with zero attached hydrogens (tertiary/aromatic N) is 1. The molecule has 12 heteroatoms. The van der Waals surface area contributed by atoms with Crippen LogP contribution in [0.4, 0.5) is 18.9 Å². The Kier molecular flexibility index (Phi) is 10.8. The molecule has 4 aromatic rings. The number of amidine groups is 1. The highest BCUT2D eigenvalue weighted by Gasteiger charge is 2.38. The number of hydrogen-bond donors (Lipinski definition) is 4. The minimum Gasteiger partial charge on any atom is -0.475 e. The van der Waals surface area contributed by atoms with E-state index in [2.05, 4.69) is 5.32 Å². The van der Waals surface area contributed by atoms with Crippen molar-refractivity contribution in [3.8, 4) is 0 Å². The molecule has 0 unspecified atom stereocenters. The number of ether oxygens (including phenoxy) is 1. The first-order valence-electron chi connectivity index (χ1n) is 12.9. The number of nitrogens with one attached hydrogen (secondary N) is 2. The number of esters is 1. The Labute approximate surface area is 245 Å².